The van der Waals surface area contributed by atoms with E-state index in [2.05, 4.69) is 54.0 Å². The Morgan fingerprint density at radius 3 is 2.37 bits per heavy atom. The summed E-state index contributed by atoms with van der Waals surface area (Å²) >= 11 is 0. The van der Waals surface area contributed by atoms with Crippen LogP contribution in [0.5, 0.6) is 11.5 Å². The first-order chi connectivity index (χ1) is 17.1. The number of amides is 1. The SMILES string of the molecule is CC(C)N1CCN(C(=O)CN2CCc3cc(-c4ccccc4Oc4ccccc4)ccc3C2)CC1. The molecule has 0 unspecified atom stereocenters. The first kappa shape index (κ1) is 23.6. The summed E-state index contributed by atoms with van der Waals surface area (Å²) in [6, 6.07) is 25.4. The van der Waals surface area contributed by atoms with Gasteiger partial charge in [-0.1, -0.05) is 54.6 Å². The van der Waals surface area contributed by atoms with E-state index in [0.717, 1.165) is 62.8 Å². The zero-order valence-electron chi connectivity index (χ0n) is 20.8. The topological polar surface area (TPSA) is 36.0 Å². The molecule has 3 aromatic carbocycles. The number of carbonyl (C=O) groups excluding carboxylic acids is 1. The summed E-state index contributed by atoms with van der Waals surface area (Å²) in [7, 11) is 0. The molecule has 0 saturated carbocycles. The van der Waals surface area contributed by atoms with Gasteiger partial charge in [0.05, 0.1) is 6.54 Å². The number of fused-ring (bicyclic) bond motifs is 1. The fourth-order valence-electron chi connectivity index (χ4n) is 5.10. The number of nitrogens with zero attached hydrogens (tertiary/aromatic N) is 3. The molecule has 0 atom stereocenters. The van der Waals surface area contributed by atoms with Crippen LogP contribution in [0.15, 0.2) is 72.8 Å². The Morgan fingerprint density at radius 2 is 1.60 bits per heavy atom. The van der Waals surface area contributed by atoms with Gasteiger partial charge < -0.3 is 9.64 Å². The van der Waals surface area contributed by atoms with E-state index in [1.54, 1.807) is 0 Å². The first-order valence-electron chi connectivity index (χ1n) is 12.7. The molecule has 0 aromatic heterocycles. The quantitative estimate of drug-likeness (QED) is 0.506. The summed E-state index contributed by atoms with van der Waals surface area (Å²) in [5.74, 6) is 1.96. The predicted molar refractivity (Wildman–Crippen MR) is 141 cm³/mol. The third-order valence-electron chi connectivity index (χ3n) is 7.22. The van der Waals surface area contributed by atoms with Crippen LogP contribution >= 0.6 is 0 Å². The molecule has 5 rings (SSSR count). The normalized spacial score (nSPS) is 16.8. The second kappa shape index (κ2) is 10.6. The molecule has 5 nitrogen and oxygen atoms in total. The monoisotopic (exact) mass is 469 g/mol. The van der Waals surface area contributed by atoms with E-state index in [0.29, 0.717) is 12.6 Å². The standard InChI is InChI=1S/C30H35N3O2/c1-23(2)32-16-18-33(19-17-32)30(34)22-31-15-14-24-20-25(12-13-26(24)21-31)28-10-6-7-11-29(28)35-27-8-4-3-5-9-27/h3-13,20,23H,14-19,21-22H2,1-2H3. The van der Waals surface area contributed by atoms with Crippen LogP contribution in [0, 0.1) is 0 Å². The van der Waals surface area contributed by atoms with Gasteiger partial charge in [-0.25, -0.2) is 0 Å². The Labute approximate surface area is 208 Å². The summed E-state index contributed by atoms with van der Waals surface area (Å²) in [5.41, 5.74) is 4.95. The minimum Gasteiger partial charge on any atom is -0.457 e. The molecule has 0 N–H and O–H groups in total. The molecule has 2 aliphatic heterocycles. The van der Waals surface area contributed by atoms with E-state index in [-0.39, 0.29) is 5.91 Å². The fraction of sp³-hybridized carbons (Fsp3) is 0.367. The van der Waals surface area contributed by atoms with Crippen molar-refractivity contribution < 1.29 is 9.53 Å². The van der Waals surface area contributed by atoms with Gasteiger partial charge in [-0.3, -0.25) is 14.6 Å². The zero-order valence-corrected chi connectivity index (χ0v) is 20.8. The molecular weight excluding hydrogens is 434 g/mol. The van der Waals surface area contributed by atoms with Gasteiger partial charge in [0.1, 0.15) is 11.5 Å². The molecule has 182 valence electrons. The Hall–Kier alpha value is -3.15. The van der Waals surface area contributed by atoms with Crippen molar-refractivity contribution in [1.29, 1.82) is 0 Å². The molecule has 2 aliphatic rings. The van der Waals surface area contributed by atoms with Crippen molar-refractivity contribution in [1.82, 2.24) is 14.7 Å². The second-order valence-corrected chi connectivity index (χ2v) is 9.87. The Bertz CT molecular complexity index is 1150. The molecule has 0 bridgehead atoms. The van der Waals surface area contributed by atoms with Gasteiger partial charge in [-0.05, 0) is 55.2 Å². The average molecular weight is 470 g/mol. The van der Waals surface area contributed by atoms with Crippen LogP contribution in [-0.2, 0) is 17.8 Å². The first-order valence-corrected chi connectivity index (χ1v) is 12.7. The molecule has 35 heavy (non-hydrogen) atoms. The van der Waals surface area contributed by atoms with Crippen molar-refractivity contribution in [3.63, 3.8) is 0 Å². The molecule has 1 amide bonds. The maximum atomic E-state index is 12.9. The van der Waals surface area contributed by atoms with Crippen LogP contribution in [0.2, 0.25) is 0 Å². The number of piperazine rings is 1. The predicted octanol–water partition coefficient (Wildman–Crippen LogP) is 5.06. The van der Waals surface area contributed by atoms with Gasteiger partial charge in [-0.15, -0.1) is 0 Å². The number of para-hydroxylation sites is 2. The highest BCUT2D eigenvalue weighted by Crippen LogP contribution is 2.35. The molecule has 2 heterocycles. The van der Waals surface area contributed by atoms with Gasteiger partial charge in [-0.2, -0.15) is 0 Å². The molecule has 1 fully saturated rings. The zero-order chi connectivity index (χ0) is 24.2. The number of hydrogen-bond acceptors (Lipinski definition) is 4. The lowest BCUT2D eigenvalue weighted by Gasteiger charge is -2.38. The van der Waals surface area contributed by atoms with Crippen LogP contribution in [0.1, 0.15) is 25.0 Å². The van der Waals surface area contributed by atoms with Crippen LogP contribution in [0.4, 0.5) is 0 Å². The number of carbonyl (C=O) groups is 1. The van der Waals surface area contributed by atoms with Gasteiger partial charge in [0, 0.05) is 50.9 Å². The average Bonchev–Trinajstić information content (AvgIpc) is 2.89. The van der Waals surface area contributed by atoms with E-state index < -0.39 is 0 Å². The van der Waals surface area contributed by atoms with E-state index in [1.807, 2.05) is 47.4 Å². The lowest BCUT2D eigenvalue weighted by atomic mass is 9.94. The highest BCUT2D eigenvalue weighted by molar-refractivity contribution is 5.78. The molecule has 0 aliphatic carbocycles. The van der Waals surface area contributed by atoms with Crippen molar-refractivity contribution in [2.24, 2.45) is 0 Å². The van der Waals surface area contributed by atoms with E-state index in [1.165, 1.54) is 16.7 Å². The van der Waals surface area contributed by atoms with E-state index in [9.17, 15) is 4.79 Å². The van der Waals surface area contributed by atoms with Crippen molar-refractivity contribution in [3.05, 3.63) is 83.9 Å². The van der Waals surface area contributed by atoms with Crippen molar-refractivity contribution in [2.45, 2.75) is 32.9 Å². The van der Waals surface area contributed by atoms with Crippen LogP contribution < -0.4 is 4.74 Å². The lowest BCUT2D eigenvalue weighted by Crippen LogP contribution is -2.53. The molecular formula is C30H35N3O2. The number of hydrogen-bond donors (Lipinski definition) is 0. The van der Waals surface area contributed by atoms with E-state index in [4.69, 9.17) is 4.74 Å². The minimum atomic E-state index is 0.264. The Kier molecular flexibility index (Phi) is 7.16. The summed E-state index contributed by atoms with van der Waals surface area (Å²) in [6.45, 7) is 10.3. The molecule has 5 heteroatoms. The molecule has 3 aromatic rings. The Balaban J connectivity index is 1.24. The maximum Gasteiger partial charge on any atom is 0.236 e. The van der Waals surface area contributed by atoms with Crippen LogP contribution in [0.3, 0.4) is 0 Å². The summed E-state index contributed by atoms with van der Waals surface area (Å²) in [6.07, 6.45) is 0.958. The molecule has 1 saturated heterocycles. The summed E-state index contributed by atoms with van der Waals surface area (Å²) < 4.78 is 6.19. The van der Waals surface area contributed by atoms with Crippen molar-refractivity contribution >= 4 is 5.91 Å². The molecule has 0 radical (unpaired) electrons. The minimum absolute atomic E-state index is 0.264. The van der Waals surface area contributed by atoms with Gasteiger partial charge in [0.25, 0.3) is 0 Å². The highest BCUT2D eigenvalue weighted by atomic mass is 16.5. The van der Waals surface area contributed by atoms with Gasteiger partial charge in [0.15, 0.2) is 0 Å². The third-order valence-corrected chi connectivity index (χ3v) is 7.22. The lowest BCUT2D eigenvalue weighted by molar-refractivity contribution is -0.134. The van der Waals surface area contributed by atoms with Crippen molar-refractivity contribution in [3.8, 4) is 22.6 Å². The smallest absolute Gasteiger partial charge is 0.236 e. The largest absolute Gasteiger partial charge is 0.457 e. The second-order valence-electron chi connectivity index (χ2n) is 9.87. The number of benzene rings is 3. The van der Waals surface area contributed by atoms with Gasteiger partial charge in [0.2, 0.25) is 5.91 Å². The highest BCUT2D eigenvalue weighted by Gasteiger charge is 2.25. The van der Waals surface area contributed by atoms with E-state index >= 15 is 0 Å². The Morgan fingerprint density at radius 1 is 0.857 bits per heavy atom. The van der Waals surface area contributed by atoms with Gasteiger partial charge >= 0.3 is 0 Å². The fourth-order valence-corrected chi connectivity index (χ4v) is 5.10. The van der Waals surface area contributed by atoms with Crippen LogP contribution in [0.25, 0.3) is 11.1 Å². The number of ether oxygens (including phenoxy) is 1. The van der Waals surface area contributed by atoms with Crippen LogP contribution in [-0.4, -0.2) is 65.9 Å². The third kappa shape index (κ3) is 5.58. The van der Waals surface area contributed by atoms with Crippen molar-refractivity contribution in [2.75, 3.05) is 39.3 Å². The number of rotatable bonds is 6. The summed E-state index contributed by atoms with van der Waals surface area (Å²) in [4.78, 5) is 19.7. The summed E-state index contributed by atoms with van der Waals surface area (Å²) in [5, 5.41) is 0. The molecule has 0 spiro atoms. The maximum absolute atomic E-state index is 12.9.